The van der Waals surface area contributed by atoms with Crippen LogP contribution < -0.4 is 10.0 Å². The van der Waals surface area contributed by atoms with E-state index in [4.69, 9.17) is 0 Å². The van der Waals surface area contributed by atoms with Crippen molar-refractivity contribution < 1.29 is 8.42 Å². The summed E-state index contributed by atoms with van der Waals surface area (Å²) in [7, 11) is -0.818. The molecule has 1 heterocycles. The maximum Gasteiger partial charge on any atom is 0.208 e. The summed E-state index contributed by atoms with van der Waals surface area (Å²) in [5, 5.41) is 3.38. The van der Waals surface area contributed by atoms with Gasteiger partial charge in [0.05, 0.1) is 6.26 Å². The van der Waals surface area contributed by atoms with Crippen LogP contribution in [0.2, 0.25) is 0 Å². The van der Waals surface area contributed by atoms with Gasteiger partial charge in [-0.05, 0) is 52.4 Å². The number of nitrogens with one attached hydrogen (secondary N) is 2. The highest BCUT2D eigenvalue weighted by Crippen LogP contribution is 2.16. The van der Waals surface area contributed by atoms with Crippen LogP contribution in [0.1, 0.15) is 32.1 Å². The second kappa shape index (κ2) is 8.09. The highest BCUT2D eigenvalue weighted by atomic mass is 32.2. The number of sulfonamides is 1. The average molecular weight is 277 g/mol. The van der Waals surface area contributed by atoms with Crippen LogP contribution in [0.3, 0.4) is 0 Å². The number of piperidine rings is 1. The molecule has 18 heavy (non-hydrogen) atoms. The monoisotopic (exact) mass is 277 g/mol. The van der Waals surface area contributed by atoms with E-state index >= 15 is 0 Å². The molecule has 0 aromatic rings. The van der Waals surface area contributed by atoms with E-state index in [1.807, 2.05) is 0 Å². The molecular formula is C12H27N3O2S. The summed E-state index contributed by atoms with van der Waals surface area (Å²) in [5.41, 5.74) is 0. The molecule has 0 bridgehead atoms. The van der Waals surface area contributed by atoms with Gasteiger partial charge >= 0.3 is 0 Å². The summed E-state index contributed by atoms with van der Waals surface area (Å²) in [6.45, 7) is 3.64. The predicted molar refractivity (Wildman–Crippen MR) is 75.2 cm³/mol. The molecule has 0 aromatic heterocycles. The van der Waals surface area contributed by atoms with E-state index in [0.29, 0.717) is 6.54 Å². The normalized spacial score (nSPS) is 22.2. The van der Waals surface area contributed by atoms with Crippen LogP contribution in [0.15, 0.2) is 0 Å². The van der Waals surface area contributed by atoms with Gasteiger partial charge in [-0.15, -0.1) is 0 Å². The molecule has 1 fully saturated rings. The fourth-order valence-electron chi connectivity index (χ4n) is 2.37. The summed E-state index contributed by atoms with van der Waals surface area (Å²) in [5.74, 6) is 0. The fourth-order valence-corrected chi connectivity index (χ4v) is 2.89. The zero-order chi connectivity index (χ0) is 13.4. The van der Waals surface area contributed by atoms with Gasteiger partial charge in [0.1, 0.15) is 0 Å². The second-order valence-electron chi connectivity index (χ2n) is 5.19. The van der Waals surface area contributed by atoms with Crippen molar-refractivity contribution in [1.82, 2.24) is 14.9 Å². The fraction of sp³-hybridized carbons (Fsp3) is 1.00. The number of likely N-dealkylation sites (tertiary alicyclic amines) is 1. The number of rotatable bonds is 8. The minimum absolute atomic E-state index is 0.523. The molecule has 1 aliphatic heterocycles. The van der Waals surface area contributed by atoms with Gasteiger partial charge in [-0.2, -0.15) is 0 Å². The first-order valence-electron chi connectivity index (χ1n) is 6.84. The molecule has 0 radical (unpaired) electrons. The Kier molecular flexibility index (Phi) is 7.14. The molecule has 1 rings (SSSR count). The zero-order valence-electron chi connectivity index (χ0n) is 11.6. The van der Waals surface area contributed by atoms with E-state index < -0.39 is 10.0 Å². The van der Waals surface area contributed by atoms with E-state index in [2.05, 4.69) is 22.0 Å². The molecule has 1 saturated heterocycles. The molecule has 0 aromatic carbocycles. The first-order valence-corrected chi connectivity index (χ1v) is 8.74. The zero-order valence-corrected chi connectivity index (χ0v) is 12.4. The van der Waals surface area contributed by atoms with Crippen LogP contribution in [0.5, 0.6) is 0 Å². The van der Waals surface area contributed by atoms with Gasteiger partial charge in [0.15, 0.2) is 0 Å². The van der Waals surface area contributed by atoms with Crippen LogP contribution in [-0.4, -0.2) is 58.8 Å². The summed E-state index contributed by atoms with van der Waals surface area (Å²) in [6.07, 6.45) is 7.22. The number of hydrogen-bond acceptors (Lipinski definition) is 4. The Morgan fingerprint density at radius 3 is 2.67 bits per heavy atom. The average Bonchev–Trinajstić information content (AvgIpc) is 2.28. The lowest BCUT2D eigenvalue weighted by Gasteiger charge is -2.32. The molecule has 0 aliphatic carbocycles. The van der Waals surface area contributed by atoms with Crippen LogP contribution in [0.4, 0.5) is 0 Å². The molecule has 2 N–H and O–H groups in total. The minimum atomic E-state index is -3.03. The van der Waals surface area contributed by atoms with Gasteiger partial charge in [0, 0.05) is 12.6 Å². The van der Waals surface area contributed by atoms with E-state index in [0.717, 1.165) is 25.6 Å². The molecule has 0 spiro atoms. The molecule has 1 unspecified atom stereocenters. The first kappa shape index (κ1) is 15.9. The van der Waals surface area contributed by atoms with Gasteiger partial charge in [-0.25, -0.2) is 13.1 Å². The third-order valence-corrected chi connectivity index (χ3v) is 4.20. The number of hydrogen-bond donors (Lipinski definition) is 2. The van der Waals surface area contributed by atoms with Crippen LogP contribution in [0.25, 0.3) is 0 Å². The molecule has 0 amide bonds. The lowest BCUT2D eigenvalue weighted by molar-refractivity contribution is 0.175. The van der Waals surface area contributed by atoms with Gasteiger partial charge in [0.25, 0.3) is 0 Å². The highest BCUT2D eigenvalue weighted by Gasteiger charge is 2.17. The van der Waals surface area contributed by atoms with E-state index in [9.17, 15) is 8.42 Å². The highest BCUT2D eigenvalue weighted by molar-refractivity contribution is 7.88. The third-order valence-electron chi connectivity index (χ3n) is 3.47. The van der Waals surface area contributed by atoms with Crippen molar-refractivity contribution in [2.75, 3.05) is 39.5 Å². The lowest BCUT2D eigenvalue weighted by Crippen LogP contribution is -2.38. The molecule has 1 aliphatic rings. The van der Waals surface area contributed by atoms with Crippen molar-refractivity contribution >= 4 is 10.0 Å². The van der Waals surface area contributed by atoms with Crippen LogP contribution >= 0.6 is 0 Å². The molecule has 5 nitrogen and oxygen atoms in total. The summed E-state index contributed by atoms with van der Waals surface area (Å²) >= 11 is 0. The van der Waals surface area contributed by atoms with Gasteiger partial charge in [-0.1, -0.05) is 6.42 Å². The standard InChI is InChI=1S/C12H27N3O2S/c1-15-11-4-3-6-12(15)7-10-13-8-5-9-14-18(2,16)17/h12-14H,3-11H2,1-2H3. The summed E-state index contributed by atoms with van der Waals surface area (Å²) in [4.78, 5) is 2.45. The van der Waals surface area contributed by atoms with Crippen molar-refractivity contribution in [2.24, 2.45) is 0 Å². The summed E-state index contributed by atoms with van der Waals surface area (Å²) in [6, 6.07) is 0.723. The minimum Gasteiger partial charge on any atom is -0.317 e. The Bertz CT molecular complexity index is 319. The van der Waals surface area contributed by atoms with E-state index in [-0.39, 0.29) is 0 Å². The van der Waals surface area contributed by atoms with Gasteiger partial charge in [-0.3, -0.25) is 0 Å². The molecule has 108 valence electrons. The Hall–Kier alpha value is -0.170. The maximum absolute atomic E-state index is 10.8. The molecular weight excluding hydrogens is 250 g/mol. The Balaban J connectivity index is 1.95. The topological polar surface area (TPSA) is 61.4 Å². The quantitative estimate of drug-likeness (QED) is 0.630. The Morgan fingerprint density at radius 1 is 1.22 bits per heavy atom. The van der Waals surface area contributed by atoms with Crippen molar-refractivity contribution in [3.05, 3.63) is 0 Å². The SMILES string of the molecule is CN1CCCCC1CCNCCCNS(C)(=O)=O. The van der Waals surface area contributed by atoms with Gasteiger partial charge < -0.3 is 10.2 Å². The smallest absolute Gasteiger partial charge is 0.208 e. The Morgan fingerprint density at radius 2 is 2.00 bits per heavy atom. The largest absolute Gasteiger partial charge is 0.317 e. The molecule has 1 atom stereocenters. The van der Waals surface area contributed by atoms with Crippen molar-refractivity contribution in [1.29, 1.82) is 0 Å². The first-order chi connectivity index (χ1) is 8.49. The van der Waals surface area contributed by atoms with E-state index in [1.165, 1.54) is 38.5 Å². The lowest BCUT2D eigenvalue weighted by atomic mass is 10.0. The van der Waals surface area contributed by atoms with Crippen molar-refractivity contribution in [2.45, 2.75) is 38.1 Å². The molecule has 6 heteroatoms. The number of nitrogens with zero attached hydrogens (tertiary/aromatic N) is 1. The van der Waals surface area contributed by atoms with E-state index in [1.54, 1.807) is 0 Å². The van der Waals surface area contributed by atoms with Crippen LogP contribution in [-0.2, 0) is 10.0 Å². The predicted octanol–water partition coefficient (Wildman–Crippen LogP) is 0.390. The maximum atomic E-state index is 10.8. The van der Waals surface area contributed by atoms with Crippen LogP contribution in [0, 0.1) is 0 Å². The Labute approximate surface area is 111 Å². The van der Waals surface area contributed by atoms with Crippen molar-refractivity contribution in [3.63, 3.8) is 0 Å². The second-order valence-corrected chi connectivity index (χ2v) is 7.02. The summed E-state index contributed by atoms with van der Waals surface area (Å²) < 4.78 is 24.1. The third kappa shape index (κ3) is 7.31. The van der Waals surface area contributed by atoms with Gasteiger partial charge in [0.2, 0.25) is 10.0 Å². The molecule has 0 saturated carbocycles. The van der Waals surface area contributed by atoms with Crippen molar-refractivity contribution in [3.8, 4) is 0 Å².